The molecule has 2 nitrogen and oxygen atoms in total. The van der Waals surface area contributed by atoms with E-state index in [-0.39, 0.29) is 0 Å². The van der Waals surface area contributed by atoms with E-state index in [9.17, 15) is 0 Å². The highest BCUT2D eigenvalue weighted by atomic mass is 32.2. The van der Waals surface area contributed by atoms with E-state index in [1.807, 2.05) is 0 Å². The van der Waals surface area contributed by atoms with Crippen molar-refractivity contribution in [2.45, 2.75) is 44.0 Å². The molecule has 1 aromatic carbocycles. The van der Waals surface area contributed by atoms with Gasteiger partial charge in [-0.25, -0.2) is 10.4 Å². The zero-order chi connectivity index (χ0) is 11.4. The topological polar surface area (TPSA) is 15.3 Å². The molecule has 2 atom stereocenters. The highest BCUT2D eigenvalue weighted by molar-refractivity contribution is 8.00. The summed E-state index contributed by atoms with van der Waals surface area (Å²) in [5.41, 5.74) is 4.97. The van der Waals surface area contributed by atoms with Gasteiger partial charge in [0.05, 0.1) is 10.7 Å². The van der Waals surface area contributed by atoms with Gasteiger partial charge in [-0.1, -0.05) is 44.2 Å². The minimum absolute atomic E-state index is 0.591. The summed E-state index contributed by atoms with van der Waals surface area (Å²) in [7, 11) is 0. The molecule has 1 aliphatic rings. The maximum absolute atomic E-state index is 3.59. The number of hydrazine groups is 1. The second kappa shape index (κ2) is 5.71. The van der Waals surface area contributed by atoms with Crippen LogP contribution in [0, 0.1) is 0 Å². The molecule has 0 radical (unpaired) electrons. The smallest absolute Gasteiger partial charge is 0.0714 e. The summed E-state index contributed by atoms with van der Waals surface area (Å²) in [6.07, 6.45) is 2.38. The molecular weight excluding hydrogens is 216 g/mol. The molecule has 0 aromatic heterocycles. The summed E-state index contributed by atoms with van der Waals surface area (Å²) in [5, 5.41) is 3.59. The van der Waals surface area contributed by atoms with Gasteiger partial charge in [-0.05, 0) is 18.4 Å². The van der Waals surface area contributed by atoms with Crippen LogP contribution in [0.2, 0.25) is 0 Å². The molecule has 3 heteroatoms. The molecule has 1 fully saturated rings. The van der Waals surface area contributed by atoms with Crippen molar-refractivity contribution >= 4 is 11.8 Å². The van der Waals surface area contributed by atoms with Crippen molar-refractivity contribution in [2.75, 3.05) is 0 Å². The lowest BCUT2D eigenvalue weighted by Gasteiger charge is -2.22. The van der Waals surface area contributed by atoms with Gasteiger partial charge in [-0.3, -0.25) is 0 Å². The van der Waals surface area contributed by atoms with Gasteiger partial charge in [-0.2, -0.15) is 0 Å². The van der Waals surface area contributed by atoms with Crippen LogP contribution in [0.4, 0.5) is 0 Å². The third-order valence-corrected chi connectivity index (χ3v) is 4.56. The molecule has 0 aliphatic carbocycles. The largest absolute Gasteiger partial charge is 0.241 e. The van der Waals surface area contributed by atoms with Crippen molar-refractivity contribution in [2.24, 2.45) is 0 Å². The maximum atomic E-state index is 3.59. The van der Waals surface area contributed by atoms with Crippen LogP contribution in [0.5, 0.6) is 0 Å². The summed E-state index contributed by atoms with van der Waals surface area (Å²) < 4.78 is 0. The molecule has 0 saturated carbocycles. The van der Waals surface area contributed by atoms with Crippen molar-refractivity contribution in [1.29, 1.82) is 0 Å². The molecule has 1 N–H and O–H groups in total. The fourth-order valence-electron chi connectivity index (χ4n) is 1.99. The van der Waals surface area contributed by atoms with E-state index in [0.717, 1.165) is 6.54 Å². The van der Waals surface area contributed by atoms with Crippen molar-refractivity contribution in [3.05, 3.63) is 35.9 Å². The summed E-state index contributed by atoms with van der Waals surface area (Å²) in [6, 6.07) is 10.7. The number of rotatable bonds is 4. The van der Waals surface area contributed by atoms with Crippen molar-refractivity contribution < 1.29 is 0 Å². The van der Waals surface area contributed by atoms with E-state index >= 15 is 0 Å². The first kappa shape index (κ1) is 12.0. The highest BCUT2D eigenvalue weighted by Crippen LogP contribution is 2.31. The van der Waals surface area contributed by atoms with E-state index in [2.05, 4.69) is 66.4 Å². The molecule has 1 saturated heterocycles. The third-order valence-electron chi connectivity index (χ3n) is 2.89. The Morgan fingerprint density at radius 1 is 1.19 bits per heavy atom. The van der Waals surface area contributed by atoms with Gasteiger partial charge in [-0.15, -0.1) is 11.8 Å². The Labute approximate surface area is 102 Å². The van der Waals surface area contributed by atoms with E-state index in [4.69, 9.17) is 0 Å². The van der Waals surface area contributed by atoms with Gasteiger partial charge < -0.3 is 0 Å². The number of nitrogens with zero attached hydrogens (tertiary/aromatic N) is 1. The number of hydrogen-bond acceptors (Lipinski definition) is 3. The van der Waals surface area contributed by atoms with Crippen LogP contribution in [-0.4, -0.2) is 15.8 Å². The molecule has 2 rings (SSSR count). The van der Waals surface area contributed by atoms with Crippen molar-refractivity contribution in [3.8, 4) is 0 Å². The summed E-state index contributed by atoms with van der Waals surface area (Å²) in [6.45, 7) is 5.50. The van der Waals surface area contributed by atoms with E-state index in [0.29, 0.717) is 10.7 Å². The van der Waals surface area contributed by atoms with Crippen LogP contribution in [0.15, 0.2) is 30.3 Å². The van der Waals surface area contributed by atoms with Crippen LogP contribution in [0.1, 0.15) is 32.3 Å². The first-order chi connectivity index (χ1) is 7.83. The molecule has 1 aliphatic heterocycles. The monoisotopic (exact) mass is 236 g/mol. The Hall–Kier alpha value is -0.510. The van der Waals surface area contributed by atoms with Crippen LogP contribution in [-0.2, 0) is 6.54 Å². The summed E-state index contributed by atoms with van der Waals surface area (Å²) >= 11 is 2.05. The Kier molecular flexibility index (Phi) is 4.27. The summed E-state index contributed by atoms with van der Waals surface area (Å²) in [5.74, 6) is 0. The minimum atomic E-state index is 0.591. The number of thioether (sulfide) groups is 1. The Bertz CT molecular complexity index is 315. The third kappa shape index (κ3) is 2.78. The molecule has 0 bridgehead atoms. The van der Waals surface area contributed by atoms with Gasteiger partial charge in [0, 0.05) is 6.54 Å². The second-order valence-corrected chi connectivity index (χ2v) is 5.52. The second-order valence-electron chi connectivity index (χ2n) is 4.14. The molecule has 2 unspecified atom stereocenters. The Morgan fingerprint density at radius 2 is 1.94 bits per heavy atom. The van der Waals surface area contributed by atoms with Crippen molar-refractivity contribution in [1.82, 2.24) is 10.4 Å². The highest BCUT2D eigenvalue weighted by Gasteiger charge is 2.29. The number of hydrogen-bond donors (Lipinski definition) is 1. The predicted molar refractivity (Wildman–Crippen MR) is 70.9 cm³/mol. The van der Waals surface area contributed by atoms with Crippen molar-refractivity contribution in [3.63, 3.8) is 0 Å². The fraction of sp³-hybridized carbons (Fsp3) is 0.538. The van der Waals surface area contributed by atoms with Crippen LogP contribution in [0.25, 0.3) is 0 Å². The quantitative estimate of drug-likeness (QED) is 0.864. The van der Waals surface area contributed by atoms with Gasteiger partial charge in [0.2, 0.25) is 0 Å². The molecule has 88 valence electrons. The standard InChI is InChI=1S/C13H20N2S/c1-3-12-14-15(13(4-2)16-12)10-11-8-6-5-7-9-11/h5-9,12-14H,3-4,10H2,1-2H3. The van der Waals surface area contributed by atoms with Gasteiger partial charge in [0.1, 0.15) is 0 Å². The average Bonchev–Trinajstić information content (AvgIpc) is 2.73. The normalized spacial score (nSPS) is 26.1. The maximum Gasteiger partial charge on any atom is 0.0714 e. The van der Waals surface area contributed by atoms with Crippen LogP contribution >= 0.6 is 11.8 Å². The van der Waals surface area contributed by atoms with Crippen LogP contribution in [0.3, 0.4) is 0 Å². The SMILES string of the molecule is CCC1NN(Cc2ccccc2)C(CC)S1. The first-order valence-corrected chi connectivity index (χ1v) is 7.00. The van der Waals surface area contributed by atoms with Gasteiger partial charge in [0.25, 0.3) is 0 Å². The van der Waals surface area contributed by atoms with E-state index in [1.54, 1.807) is 0 Å². The van der Waals surface area contributed by atoms with Crippen LogP contribution < -0.4 is 5.43 Å². The number of benzene rings is 1. The first-order valence-electron chi connectivity index (χ1n) is 6.05. The molecule has 1 aromatic rings. The predicted octanol–water partition coefficient (Wildman–Crippen LogP) is 3.21. The van der Waals surface area contributed by atoms with E-state index in [1.165, 1.54) is 18.4 Å². The Morgan fingerprint density at radius 3 is 2.56 bits per heavy atom. The minimum Gasteiger partial charge on any atom is -0.241 e. The molecule has 0 spiro atoms. The van der Waals surface area contributed by atoms with Gasteiger partial charge in [0.15, 0.2) is 0 Å². The molecule has 1 heterocycles. The zero-order valence-corrected chi connectivity index (χ0v) is 10.8. The lowest BCUT2D eigenvalue weighted by Crippen LogP contribution is -2.38. The molecule has 0 amide bonds. The lowest BCUT2D eigenvalue weighted by atomic mass is 10.2. The summed E-state index contributed by atoms with van der Waals surface area (Å²) in [4.78, 5) is 0. The average molecular weight is 236 g/mol. The molecule has 16 heavy (non-hydrogen) atoms. The fourth-order valence-corrected chi connectivity index (χ4v) is 3.24. The number of nitrogens with one attached hydrogen (secondary N) is 1. The van der Waals surface area contributed by atoms with Gasteiger partial charge >= 0.3 is 0 Å². The lowest BCUT2D eigenvalue weighted by molar-refractivity contribution is 0.173. The Balaban J connectivity index is 1.98. The van der Waals surface area contributed by atoms with E-state index < -0.39 is 0 Å². The molecular formula is C13H20N2S. The zero-order valence-electron chi connectivity index (χ0n) is 10.0.